The fourth-order valence-corrected chi connectivity index (χ4v) is 1.47. The molecule has 0 amide bonds. The van der Waals surface area contributed by atoms with Crippen molar-refractivity contribution >= 4 is 17.3 Å². The first-order chi connectivity index (χ1) is 8.25. The number of hydrogen-bond donors (Lipinski definition) is 3. The monoisotopic (exact) mass is 250 g/mol. The Morgan fingerprint density at radius 1 is 1.44 bits per heavy atom. The molecule has 0 fully saturated rings. The molecule has 0 aromatic heterocycles. The topological polar surface area (TPSA) is 75.3 Å². The normalized spacial score (nSPS) is 11.6. The van der Waals surface area contributed by atoms with E-state index >= 15 is 0 Å². The van der Waals surface area contributed by atoms with Crippen LogP contribution in [-0.4, -0.2) is 17.6 Å². The fraction of sp³-hybridized carbons (Fsp3) is 0.500. The second kappa shape index (κ2) is 5.29. The van der Waals surface area contributed by atoms with Gasteiger partial charge >= 0.3 is 5.97 Å². The molecule has 0 heterocycles. The molecule has 0 aliphatic heterocycles. The number of benzene rings is 1. The molecule has 18 heavy (non-hydrogen) atoms. The van der Waals surface area contributed by atoms with Crippen molar-refractivity contribution in [3.63, 3.8) is 0 Å². The van der Waals surface area contributed by atoms with Gasteiger partial charge in [0, 0.05) is 6.54 Å². The Morgan fingerprint density at radius 2 is 2.06 bits per heavy atom. The summed E-state index contributed by atoms with van der Waals surface area (Å²) in [5.74, 6) is -0.477. The molecule has 0 spiro atoms. The largest absolute Gasteiger partial charge is 0.478 e. The number of carbonyl (C=O) groups is 1. The zero-order valence-electron chi connectivity index (χ0n) is 11.4. The van der Waals surface area contributed by atoms with Crippen molar-refractivity contribution < 1.29 is 9.90 Å². The van der Waals surface area contributed by atoms with E-state index in [2.05, 4.69) is 33.0 Å². The molecule has 1 rings (SSSR count). The molecule has 0 atom stereocenters. The molecule has 0 saturated carbocycles. The van der Waals surface area contributed by atoms with Gasteiger partial charge in [-0.05, 0) is 23.5 Å². The Balaban J connectivity index is 2.95. The van der Waals surface area contributed by atoms with E-state index in [1.54, 1.807) is 18.2 Å². The van der Waals surface area contributed by atoms with Gasteiger partial charge in [-0.15, -0.1) is 0 Å². The van der Waals surface area contributed by atoms with Crippen LogP contribution in [0.4, 0.5) is 11.4 Å². The Labute approximate surface area is 108 Å². The third-order valence-electron chi connectivity index (χ3n) is 3.61. The van der Waals surface area contributed by atoms with E-state index in [-0.39, 0.29) is 11.0 Å². The summed E-state index contributed by atoms with van der Waals surface area (Å²) in [6.07, 6.45) is 0. The molecule has 0 saturated heterocycles. The highest BCUT2D eigenvalue weighted by molar-refractivity contribution is 5.97. The smallest absolute Gasteiger partial charge is 0.337 e. The molecule has 4 nitrogen and oxygen atoms in total. The highest BCUT2D eigenvalue weighted by atomic mass is 16.4. The standard InChI is InChI=1S/C14H22N2O2/c1-9(2)14(3,4)8-16-12-10(13(17)18)6-5-7-11(12)15/h5-7,9,16H,8,15H2,1-4H3,(H,17,18). The summed E-state index contributed by atoms with van der Waals surface area (Å²) < 4.78 is 0. The number of nitrogen functional groups attached to an aromatic ring is 1. The second-order valence-corrected chi connectivity index (χ2v) is 5.57. The zero-order valence-corrected chi connectivity index (χ0v) is 11.4. The highest BCUT2D eigenvalue weighted by Gasteiger charge is 2.23. The van der Waals surface area contributed by atoms with E-state index in [4.69, 9.17) is 10.8 Å². The maximum absolute atomic E-state index is 11.1. The lowest BCUT2D eigenvalue weighted by molar-refractivity contribution is 0.0698. The minimum Gasteiger partial charge on any atom is -0.478 e. The van der Waals surface area contributed by atoms with E-state index in [1.165, 1.54) is 0 Å². The van der Waals surface area contributed by atoms with Gasteiger partial charge < -0.3 is 16.2 Å². The number of hydrogen-bond acceptors (Lipinski definition) is 3. The Bertz CT molecular complexity index is 439. The number of para-hydroxylation sites is 1. The van der Waals surface area contributed by atoms with Crippen LogP contribution in [0.15, 0.2) is 18.2 Å². The third-order valence-corrected chi connectivity index (χ3v) is 3.61. The minimum atomic E-state index is -0.966. The van der Waals surface area contributed by atoms with Gasteiger partial charge in [-0.25, -0.2) is 4.79 Å². The summed E-state index contributed by atoms with van der Waals surface area (Å²) in [5, 5.41) is 12.3. The van der Waals surface area contributed by atoms with Crippen LogP contribution in [0, 0.1) is 11.3 Å². The summed E-state index contributed by atoms with van der Waals surface area (Å²) in [7, 11) is 0. The Kier molecular flexibility index (Phi) is 4.22. The lowest BCUT2D eigenvalue weighted by atomic mass is 9.81. The number of carboxylic acid groups (broad SMARTS) is 1. The minimum absolute atomic E-state index is 0.0675. The van der Waals surface area contributed by atoms with Crippen LogP contribution in [0.2, 0.25) is 0 Å². The van der Waals surface area contributed by atoms with Gasteiger partial charge in [0.2, 0.25) is 0 Å². The number of nitrogens with one attached hydrogen (secondary N) is 1. The van der Waals surface area contributed by atoms with Gasteiger partial charge in [0.25, 0.3) is 0 Å². The van der Waals surface area contributed by atoms with Gasteiger partial charge in [0.1, 0.15) is 0 Å². The SMILES string of the molecule is CC(C)C(C)(C)CNc1c(N)cccc1C(=O)O. The zero-order chi connectivity index (χ0) is 13.9. The molecular formula is C14H22N2O2. The second-order valence-electron chi connectivity index (χ2n) is 5.57. The molecule has 1 aromatic rings. The lowest BCUT2D eigenvalue weighted by Crippen LogP contribution is -2.29. The van der Waals surface area contributed by atoms with Gasteiger partial charge in [-0.3, -0.25) is 0 Å². The number of carboxylic acids is 1. The molecule has 0 radical (unpaired) electrons. The maximum atomic E-state index is 11.1. The van der Waals surface area contributed by atoms with Crippen molar-refractivity contribution in [3.8, 4) is 0 Å². The molecule has 0 bridgehead atoms. The van der Waals surface area contributed by atoms with Crippen LogP contribution in [0.3, 0.4) is 0 Å². The van der Waals surface area contributed by atoms with Gasteiger partial charge in [0.05, 0.1) is 16.9 Å². The first kappa shape index (κ1) is 14.4. The molecule has 1 aromatic carbocycles. The van der Waals surface area contributed by atoms with Crippen molar-refractivity contribution in [1.82, 2.24) is 0 Å². The number of anilines is 2. The summed E-state index contributed by atoms with van der Waals surface area (Å²) in [6.45, 7) is 9.26. The van der Waals surface area contributed by atoms with Crippen molar-refractivity contribution in [2.24, 2.45) is 11.3 Å². The van der Waals surface area contributed by atoms with Crippen molar-refractivity contribution in [1.29, 1.82) is 0 Å². The van der Waals surface area contributed by atoms with Gasteiger partial charge in [0.15, 0.2) is 0 Å². The van der Waals surface area contributed by atoms with Crippen LogP contribution in [0.5, 0.6) is 0 Å². The van der Waals surface area contributed by atoms with Crippen LogP contribution >= 0.6 is 0 Å². The van der Waals surface area contributed by atoms with Crippen molar-refractivity contribution in [2.75, 3.05) is 17.6 Å². The van der Waals surface area contributed by atoms with Crippen molar-refractivity contribution in [3.05, 3.63) is 23.8 Å². The van der Waals surface area contributed by atoms with Crippen molar-refractivity contribution in [2.45, 2.75) is 27.7 Å². The van der Waals surface area contributed by atoms with E-state index in [0.717, 1.165) is 0 Å². The van der Waals surface area contributed by atoms with Crippen LogP contribution in [0.25, 0.3) is 0 Å². The number of rotatable bonds is 5. The molecular weight excluding hydrogens is 228 g/mol. The molecule has 0 aliphatic carbocycles. The summed E-state index contributed by atoms with van der Waals surface area (Å²) >= 11 is 0. The number of nitrogens with two attached hydrogens (primary N) is 1. The van der Waals surface area contributed by atoms with Crippen LogP contribution < -0.4 is 11.1 Å². The van der Waals surface area contributed by atoms with Gasteiger partial charge in [-0.2, -0.15) is 0 Å². The van der Waals surface area contributed by atoms with Crippen LogP contribution in [-0.2, 0) is 0 Å². The molecule has 0 aliphatic rings. The molecule has 0 unspecified atom stereocenters. The average molecular weight is 250 g/mol. The number of aromatic carboxylic acids is 1. The maximum Gasteiger partial charge on any atom is 0.337 e. The first-order valence-corrected chi connectivity index (χ1v) is 6.11. The summed E-state index contributed by atoms with van der Waals surface area (Å²) in [4.78, 5) is 11.1. The average Bonchev–Trinajstić information content (AvgIpc) is 2.26. The predicted octanol–water partition coefficient (Wildman–Crippen LogP) is 3.06. The predicted molar refractivity (Wildman–Crippen MR) is 74.9 cm³/mol. The van der Waals surface area contributed by atoms with E-state index in [1.807, 2.05) is 0 Å². The highest BCUT2D eigenvalue weighted by Crippen LogP contribution is 2.29. The molecule has 100 valence electrons. The fourth-order valence-electron chi connectivity index (χ4n) is 1.47. The molecule has 4 heteroatoms. The summed E-state index contributed by atoms with van der Waals surface area (Å²) in [6, 6.07) is 4.91. The lowest BCUT2D eigenvalue weighted by Gasteiger charge is -2.30. The van der Waals surface area contributed by atoms with E-state index in [9.17, 15) is 4.79 Å². The van der Waals surface area contributed by atoms with Gasteiger partial charge in [-0.1, -0.05) is 33.8 Å². The summed E-state index contributed by atoms with van der Waals surface area (Å²) in [5.41, 5.74) is 7.10. The Hall–Kier alpha value is -1.71. The molecule has 4 N–H and O–H groups in total. The van der Waals surface area contributed by atoms with E-state index < -0.39 is 5.97 Å². The van der Waals surface area contributed by atoms with E-state index in [0.29, 0.717) is 23.8 Å². The Morgan fingerprint density at radius 3 is 2.56 bits per heavy atom. The first-order valence-electron chi connectivity index (χ1n) is 6.11. The van der Waals surface area contributed by atoms with Crippen LogP contribution in [0.1, 0.15) is 38.1 Å². The quantitative estimate of drug-likeness (QED) is 0.702. The third kappa shape index (κ3) is 3.15.